The number of hydrogen-bond acceptors (Lipinski definition) is 1. The van der Waals surface area contributed by atoms with E-state index in [0.717, 1.165) is 0 Å². The third-order valence-electron chi connectivity index (χ3n) is 0.551. The molecule has 4 heteroatoms. The summed E-state index contributed by atoms with van der Waals surface area (Å²) in [6.07, 6.45) is 0. The van der Waals surface area contributed by atoms with Crippen molar-refractivity contribution < 1.29 is 5.11 Å². The highest BCUT2D eigenvalue weighted by Crippen LogP contribution is 2.17. The highest BCUT2D eigenvalue weighted by molar-refractivity contribution is 7.44. The van der Waals surface area contributed by atoms with Crippen molar-refractivity contribution in [1.82, 2.24) is 0 Å². The van der Waals surface area contributed by atoms with Crippen molar-refractivity contribution >= 4 is 28.9 Å². The van der Waals surface area contributed by atoms with Gasteiger partial charge >= 0.3 is 0 Å². The van der Waals surface area contributed by atoms with Gasteiger partial charge in [-0.05, 0) is 12.6 Å². The van der Waals surface area contributed by atoms with E-state index in [2.05, 4.69) is 0 Å². The van der Waals surface area contributed by atoms with Crippen LogP contribution < -0.4 is 0 Å². The van der Waals surface area contributed by atoms with Gasteiger partial charge in [-0.25, -0.2) is 0 Å². The molecule has 0 spiro atoms. The van der Waals surface area contributed by atoms with E-state index in [1.807, 2.05) is 0 Å². The molecule has 0 heterocycles. The smallest absolute Gasteiger partial charge is 0.250 e. The van der Waals surface area contributed by atoms with Crippen LogP contribution in [0.15, 0.2) is 0 Å². The third-order valence-corrected chi connectivity index (χ3v) is 2.79. The minimum Gasteiger partial charge on any atom is -0.397 e. The summed E-state index contributed by atoms with van der Waals surface area (Å²) in [5.74, 6) is 0. The van der Waals surface area contributed by atoms with Crippen molar-refractivity contribution in [3.8, 4) is 0 Å². The molecule has 1 N–H and O–H groups in total. The Morgan fingerprint density at radius 2 is 2.00 bits per heavy atom. The Balaban J connectivity index is 3.15. The first-order valence-corrected chi connectivity index (χ1v) is 6.78. The fourth-order valence-electron chi connectivity index (χ4n) is 0.196. The first kappa shape index (κ1) is 7.76. The summed E-state index contributed by atoms with van der Waals surface area (Å²) in [5.41, 5.74) is 0. The van der Waals surface area contributed by atoms with Crippen LogP contribution in [0.25, 0.3) is 0 Å². The van der Waals surface area contributed by atoms with E-state index in [1.54, 1.807) is 6.55 Å². The first-order chi connectivity index (χ1) is 3.06. The molecule has 1 nitrogen and oxygen atoms in total. The van der Waals surface area contributed by atoms with Crippen molar-refractivity contribution in [2.45, 2.75) is 12.6 Å². The van der Waals surface area contributed by atoms with Gasteiger partial charge in [0.2, 0.25) is 0 Å². The third kappa shape index (κ3) is 6.76. The molecule has 0 aliphatic rings. The molecule has 0 saturated carbocycles. The van der Waals surface area contributed by atoms with E-state index in [9.17, 15) is 0 Å². The summed E-state index contributed by atoms with van der Waals surface area (Å²) >= 11 is 11.2. The average Bonchev–Trinajstić information content (AvgIpc) is 1.30. The molecule has 0 aliphatic heterocycles. The van der Waals surface area contributed by atoms with Crippen LogP contribution in [0.1, 0.15) is 0 Å². The van der Waals surface area contributed by atoms with E-state index >= 15 is 0 Å². The van der Waals surface area contributed by atoms with Gasteiger partial charge in [0.25, 0.3) is 6.69 Å². The fourth-order valence-corrected chi connectivity index (χ4v) is 1.10. The van der Waals surface area contributed by atoms with Crippen LogP contribution >= 0.6 is 22.2 Å². The fraction of sp³-hybridized carbons (Fsp3) is 1.00. The summed E-state index contributed by atoms with van der Waals surface area (Å²) in [6.45, 7) is -0.0718. The Kier molecular flexibility index (Phi) is 3.24. The van der Waals surface area contributed by atoms with Gasteiger partial charge in [-0.2, -0.15) is 0 Å². The van der Waals surface area contributed by atoms with Gasteiger partial charge in [-0.3, -0.25) is 0 Å². The van der Waals surface area contributed by atoms with Gasteiger partial charge in [0, 0.05) is 6.61 Å². The largest absolute Gasteiger partial charge is 0.397 e. The predicted molar refractivity (Wildman–Crippen MR) is 35.2 cm³/mol. The molecule has 0 aromatic rings. The van der Waals surface area contributed by atoms with Crippen molar-refractivity contribution in [2.75, 3.05) is 6.61 Å². The van der Waals surface area contributed by atoms with Gasteiger partial charge in [0.05, 0.1) is 0 Å². The Hall–Kier alpha value is 0.757. The lowest BCUT2D eigenvalue weighted by atomic mass is 10.9. The summed E-state index contributed by atoms with van der Waals surface area (Å²) in [7, 11) is 0. The Labute approximate surface area is 53.7 Å². The second-order valence-electron chi connectivity index (χ2n) is 1.54. The molecule has 0 radical (unpaired) electrons. The maximum atomic E-state index is 8.27. The van der Waals surface area contributed by atoms with Gasteiger partial charge in [-0.15, -0.1) is 22.2 Å². The number of aliphatic hydroxyl groups excluding tert-OH is 1. The maximum Gasteiger partial charge on any atom is 0.250 e. The van der Waals surface area contributed by atoms with E-state index < -0.39 is 6.69 Å². The first-order valence-electron chi connectivity index (χ1n) is 2.05. The lowest BCUT2D eigenvalue weighted by molar-refractivity contribution is 0.317. The van der Waals surface area contributed by atoms with Crippen molar-refractivity contribution in [2.24, 2.45) is 0 Å². The lowest BCUT2D eigenvalue weighted by Crippen LogP contribution is -2.13. The summed E-state index contributed by atoms with van der Waals surface area (Å²) in [5, 5.41) is 8.27. The molecule has 44 valence electrons. The Bertz CT molecular complexity index is 51.4. The van der Waals surface area contributed by atoms with Crippen molar-refractivity contribution in [3.63, 3.8) is 0 Å². The molecule has 0 fully saturated rings. The Morgan fingerprint density at radius 1 is 1.57 bits per heavy atom. The number of hydrogen-bond donors (Lipinski definition) is 1. The van der Waals surface area contributed by atoms with Gasteiger partial charge in [0.1, 0.15) is 0 Å². The molecule has 0 bridgehead atoms. The summed E-state index contributed by atoms with van der Waals surface area (Å²) < 4.78 is 0. The van der Waals surface area contributed by atoms with Gasteiger partial charge in [0.15, 0.2) is 0 Å². The molecule has 0 amide bonds. The number of aliphatic hydroxyl groups is 1. The SMILES string of the molecule is C[Si](Cl)(Cl)CCO. The Morgan fingerprint density at radius 3 is 2.00 bits per heavy atom. The van der Waals surface area contributed by atoms with Gasteiger partial charge in [-0.1, -0.05) is 0 Å². The minimum atomic E-state index is -1.96. The number of halogens is 2. The molecule has 0 saturated heterocycles. The zero-order chi connectivity index (χ0) is 5.91. The van der Waals surface area contributed by atoms with E-state index in [-0.39, 0.29) is 6.61 Å². The molecular weight excluding hydrogens is 151 g/mol. The second-order valence-corrected chi connectivity index (χ2v) is 9.77. The zero-order valence-corrected chi connectivity index (χ0v) is 6.63. The number of rotatable bonds is 2. The van der Waals surface area contributed by atoms with Crippen LogP contribution in [0.3, 0.4) is 0 Å². The molecule has 0 aromatic carbocycles. The molecule has 0 aromatic heterocycles. The van der Waals surface area contributed by atoms with Crippen LogP contribution in [0.5, 0.6) is 0 Å². The van der Waals surface area contributed by atoms with Crippen molar-refractivity contribution in [1.29, 1.82) is 0 Å². The summed E-state index contributed by atoms with van der Waals surface area (Å²) in [6, 6.07) is 0.566. The highest BCUT2D eigenvalue weighted by Gasteiger charge is 2.18. The zero-order valence-electron chi connectivity index (χ0n) is 4.12. The average molecular weight is 159 g/mol. The van der Waals surface area contributed by atoms with E-state index in [1.165, 1.54) is 0 Å². The van der Waals surface area contributed by atoms with Crippen LogP contribution in [-0.4, -0.2) is 18.4 Å². The van der Waals surface area contributed by atoms with Crippen LogP contribution in [-0.2, 0) is 0 Å². The van der Waals surface area contributed by atoms with Crippen LogP contribution in [0.4, 0.5) is 0 Å². The standard InChI is InChI=1S/C3H8Cl2OSi/c1-7(4,5)3-2-6/h6H,2-3H2,1H3. The van der Waals surface area contributed by atoms with Gasteiger partial charge < -0.3 is 5.11 Å². The minimum absolute atomic E-state index is 0.107. The lowest BCUT2D eigenvalue weighted by Gasteiger charge is -2.04. The highest BCUT2D eigenvalue weighted by atomic mass is 35.7. The topological polar surface area (TPSA) is 20.2 Å². The molecule has 0 aliphatic carbocycles. The summed E-state index contributed by atoms with van der Waals surface area (Å²) in [4.78, 5) is 0. The van der Waals surface area contributed by atoms with Crippen LogP contribution in [0, 0.1) is 0 Å². The molecule has 0 unspecified atom stereocenters. The molecule has 0 atom stereocenters. The quantitative estimate of drug-likeness (QED) is 0.478. The van der Waals surface area contributed by atoms with Crippen molar-refractivity contribution in [3.05, 3.63) is 0 Å². The molecular formula is C3H8Cl2OSi. The van der Waals surface area contributed by atoms with E-state index in [4.69, 9.17) is 27.3 Å². The van der Waals surface area contributed by atoms with E-state index in [0.29, 0.717) is 6.04 Å². The molecule has 0 rings (SSSR count). The van der Waals surface area contributed by atoms with Crippen LogP contribution in [0.2, 0.25) is 12.6 Å². The predicted octanol–water partition coefficient (Wildman–Crippen LogP) is 1.53. The maximum absolute atomic E-state index is 8.27. The second kappa shape index (κ2) is 2.92. The molecule has 7 heavy (non-hydrogen) atoms. The normalized spacial score (nSPS) is 12.0. The monoisotopic (exact) mass is 158 g/mol.